The third-order valence-corrected chi connectivity index (χ3v) is 7.52. The highest BCUT2D eigenvalue weighted by Crippen LogP contribution is 2.36. The van der Waals surface area contributed by atoms with Crippen molar-refractivity contribution >= 4 is 28.3 Å². The molecule has 184 valence electrons. The number of carbonyl (C=O) groups excluding carboxylic acids is 1. The minimum absolute atomic E-state index is 0.00588. The lowest BCUT2D eigenvalue weighted by molar-refractivity contribution is 0.0920. The molecule has 11 heteroatoms. The van der Waals surface area contributed by atoms with Crippen molar-refractivity contribution < 1.29 is 4.79 Å². The largest absolute Gasteiger partial charge is 0.347 e. The molecule has 0 aliphatic heterocycles. The number of rotatable bonds is 5. The second kappa shape index (κ2) is 9.55. The van der Waals surface area contributed by atoms with E-state index in [4.69, 9.17) is 11.4 Å². The molecule has 0 bridgehead atoms. The fraction of sp³-hybridized carbons (Fsp3) is 0.269. The zero-order valence-electron chi connectivity index (χ0n) is 20.1. The summed E-state index contributed by atoms with van der Waals surface area (Å²) in [6, 6.07) is 6.01. The maximum absolute atomic E-state index is 12.9. The molecule has 6 rings (SSSR count). The number of amides is 1. The van der Waals surface area contributed by atoms with Gasteiger partial charge in [0.05, 0.1) is 35.2 Å². The second-order valence-electron chi connectivity index (χ2n) is 8.99. The molecule has 5 heterocycles. The van der Waals surface area contributed by atoms with Crippen LogP contribution in [0.1, 0.15) is 52.0 Å². The van der Waals surface area contributed by atoms with Crippen LogP contribution in [-0.2, 0) is 0 Å². The van der Waals surface area contributed by atoms with E-state index in [9.17, 15) is 4.79 Å². The van der Waals surface area contributed by atoms with Gasteiger partial charge >= 0.3 is 0 Å². The van der Waals surface area contributed by atoms with Crippen molar-refractivity contribution in [3.05, 3.63) is 64.6 Å². The molecule has 5 aromatic heterocycles. The van der Waals surface area contributed by atoms with Gasteiger partial charge in [0.1, 0.15) is 11.2 Å². The third-order valence-electron chi connectivity index (χ3n) is 6.60. The van der Waals surface area contributed by atoms with E-state index in [2.05, 4.69) is 41.0 Å². The number of nitrogens with one attached hydrogen (secondary N) is 1. The van der Waals surface area contributed by atoms with Crippen molar-refractivity contribution in [1.29, 1.82) is 0 Å². The zero-order valence-corrected chi connectivity index (χ0v) is 20.9. The predicted octanol–water partition coefficient (Wildman–Crippen LogP) is 3.73. The molecule has 1 aliphatic rings. The summed E-state index contributed by atoms with van der Waals surface area (Å²) in [5, 5.41) is 12.0. The summed E-state index contributed by atoms with van der Waals surface area (Å²) < 4.78 is 2.25. The molecule has 1 aliphatic carbocycles. The second-order valence-corrected chi connectivity index (χ2v) is 10.0. The molecule has 1 saturated carbocycles. The van der Waals surface area contributed by atoms with Crippen LogP contribution in [0.3, 0.4) is 0 Å². The number of thiazole rings is 1. The lowest BCUT2D eigenvalue weighted by atomic mass is 9.90. The fourth-order valence-electron chi connectivity index (χ4n) is 4.91. The molecule has 5 aromatic rings. The van der Waals surface area contributed by atoms with Crippen LogP contribution in [0.15, 0.2) is 49.2 Å². The number of terminal acetylenes is 1. The van der Waals surface area contributed by atoms with Crippen LogP contribution >= 0.6 is 11.3 Å². The van der Waals surface area contributed by atoms with E-state index in [0.717, 1.165) is 53.8 Å². The van der Waals surface area contributed by atoms with E-state index >= 15 is 0 Å². The van der Waals surface area contributed by atoms with Gasteiger partial charge in [-0.05, 0) is 44.2 Å². The van der Waals surface area contributed by atoms with E-state index in [-0.39, 0.29) is 18.0 Å². The molecule has 2 atom stereocenters. The van der Waals surface area contributed by atoms with Gasteiger partial charge in [-0.3, -0.25) is 9.78 Å². The van der Waals surface area contributed by atoms with E-state index in [1.54, 1.807) is 31.0 Å². The zero-order chi connectivity index (χ0) is 25.4. The van der Waals surface area contributed by atoms with Gasteiger partial charge in [0.2, 0.25) is 0 Å². The molecule has 0 aromatic carbocycles. The Bertz CT molecular complexity index is 1630. The smallest absolute Gasteiger partial charge is 0.280 e. The van der Waals surface area contributed by atoms with Crippen LogP contribution in [0.2, 0.25) is 0 Å². The number of hydrogen-bond donors (Lipinski definition) is 1. The standard InChI is InChI=1S/C26H23N9OS/c1-3-19-14-29-26(37-19)25(36)32-17-7-4-8-18(12-17)34-21-13-22(35-30-10-11-31-35)28-15-20(21)33-24(34)23-16(2)6-5-9-27-23/h1,5-6,9-11,13-15,17-18H,4,7-8,12H2,2H3,(H,32,36)/t17-,18+/m0/s1. The van der Waals surface area contributed by atoms with Crippen molar-refractivity contribution in [2.24, 2.45) is 0 Å². The summed E-state index contributed by atoms with van der Waals surface area (Å²) in [6.07, 6.45) is 17.3. The minimum atomic E-state index is -0.190. The van der Waals surface area contributed by atoms with Crippen molar-refractivity contribution in [3.8, 4) is 29.7 Å². The molecule has 0 radical (unpaired) electrons. The van der Waals surface area contributed by atoms with Gasteiger partial charge in [-0.15, -0.1) is 22.6 Å². The average molecular weight is 510 g/mol. The Morgan fingerprint density at radius 2 is 2.03 bits per heavy atom. The van der Waals surface area contributed by atoms with E-state index in [1.807, 2.05) is 25.1 Å². The first-order chi connectivity index (χ1) is 18.1. The number of aryl methyl sites for hydroxylation is 1. The molecule has 37 heavy (non-hydrogen) atoms. The summed E-state index contributed by atoms with van der Waals surface area (Å²) in [6.45, 7) is 2.03. The highest BCUT2D eigenvalue weighted by Gasteiger charge is 2.29. The SMILES string of the molecule is C#Cc1cnc(C(=O)N[C@H]2CCC[C@@H](n3c(-c4ncccc4C)nc4cnc(-n5nccn5)cc43)C2)s1. The Morgan fingerprint density at radius 1 is 1.16 bits per heavy atom. The van der Waals surface area contributed by atoms with Gasteiger partial charge in [0.15, 0.2) is 16.6 Å². The Balaban J connectivity index is 1.38. The molecule has 1 amide bonds. The van der Waals surface area contributed by atoms with Gasteiger partial charge in [-0.1, -0.05) is 12.0 Å². The first-order valence-electron chi connectivity index (χ1n) is 12.0. The summed E-state index contributed by atoms with van der Waals surface area (Å²) in [5.74, 6) is 3.74. The maximum Gasteiger partial charge on any atom is 0.280 e. The van der Waals surface area contributed by atoms with Gasteiger partial charge in [-0.2, -0.15) is 10.2 Å². The van der Waals surface area contributed by atoms with Crippen LogP contribution in [0.25, 0.3) is 28.4 Å². The van der Waals surface area contributed by atoms with Crippen molar-refractivity contribution in [2.75, 3.05) is 0 Å². The highest BCUT2D eigenvalue weighted by molar-refractivity contribution is 7.14. The average Bonchev–Trinajstić information content (AvgIpc) is 3.68. The van der Waals surface area contributed by atoms with E-state index in [0.29, 0.717) is 15.7 Å². The van der Waals surface area contributed by atoms with Crippen LogP contribution in [-0.4, -0.2) is 51.4 Å². The Kier molecular flexibility index (Phi) is 5.94. The third kappa shape index (κ3) is 4.36. The van der Waals surface area contributed by atoms with E-state index < -0.39 is 0 Å². The molecular weight excluding hydrogens is 486 g/mol. The highest BCUT2D eigenvalue weighted by atomic mass is 32.1. The number of nitrogens with zero attached hydrogens (tertiary/aromatic N) is 8. The summed E-state index contributed by atoms with van der Waals surface area (Å²) in [5.41, 5.74) is 3.56. The molecule has 10 nitrogen and oxygen atoms in total. The number of imidazole rings is 1. The Morgan fingerprint density at radius 3 is 2.81 bits per heavy atom. The van der Waals surface area contributed by atoms with Gasteiger partial charge in [0.25, 0.3) is 5.91 Å². The molecule has 1 fully saturated rings. The molecule has 0 saturated heterocycles. The van der Waals surface area contributed by atoms with Crippen LogP contribution in [0.4, 0.5) is 0 Å². The summed E-state index contributed by atoms with van der Waals surface area (Å²) >= 11 is 1.23. The lowest BCUT2D eigenvalue weighted by Crippen LogP contribution is -2.39. The summed E-state index contributed by atoms with van der Waals surface area (Å²) in [7, 11) is 0. The monoisotopic (exact) mass is 509 g/mol. The summed E-state index contributed by atoms with van der Waals surface area (Å²) in [4.78, 5) is 33.3. The number of fused-ring (bicyclic) bond motifs is 1. The van der Waals surface area contributed by atoms with Crippen LogP contribution in [0, 0.1) is 19.3 Å². The minimum Gasteiger partial charge on any atom is -0.347 e. The number of hydrogen-bond acceptors (Lipinski definition) is 8. The van der Waals surface area contributed by atoms with Crippen LogP contribution < -0.4 is 5.32 Å². The topological polar surface area (TPSA) is 116 Å². The number of aromatic nitrogens is 8. The predicted molar refractivity (Wildman–Crippen MR) is 139 cm³/mol. The van der Waals surface area contributed by atoms with Gasteiger partial charge < -0.3 is 9.88 Å². The Hall–Kier alpha value is -4.43. The van der Waals surface area contributed by atoms with Crippen molar-refractivity contribution in [2.45, 2.75) is 44.7 Å². The quantitative estimate of drug-likeness (QED) is 0.359. The molecule has 1 N–H and O–H groups in total. The van der Waals surface area contributed by atoms with Gasteiger partial charge in [-0.25, -0.2) is 15.0 Å². The molecule has 0 spiro atoms. The van der Waals surface area contributed by atoms with Crippen molar-refractivity contribution in [3.63, 3.8) is 0 Å². The Labute approximate surface area is 216 Å². The fourth-order valence-corrected chi connectivity index (χ4v) is 5.54. The van der Waals surface area contributed by atoms with Gasteiger partial charge in [0, 0.05) is 24.3 Å². The first-order valence-corrected chi connectivity index (χ1v) is 12.8. The first kappa shape index (κ1) is 23.0. The maximum atomic E-state index is 12.9. The van der Waals surface area contributed by atoms with Crippen molar-refractivity contribution in [1.82, 2.24) is 44.8 Å². The van der Waals surface area contributed by atoms with E-state index in [1.165, 1.54) is 16.1 Å². The molecule has 0 unspecified atom stereocenters. The number of pyridine rings is 2. The lowest BCUT2D eigenvalue weighted by Gasteiger charge is -2.32. The van der Waals surface area contributed by atoms with Crippen LogP contribution in [0.5, 0.6) is 0 Å². The number of carbonyl (C=O) groups is 1. The normalized spacial score (nSPS) is 17.5. The molecular formula is C26H23N9OS.